The van der Waals surface area contributed by atoms with Gasteiger partial charge in [0, 0.05) is 31.9 Å². The van der Waals surface area contributed by atoms with Crippen LogP contribution in [0.3, 0.4) is 0 Å². The van der Waals surface area contributed by atoms with Crippen molar-refractivity contribution in [1.82, 2.24) is 4.90 Å². The van der Waals surface area contributed by atoms with Crippen molar-refractivity contribution in [3.8, 4) is 17.2 Å². The van der Waals surface area contributed by atoms with Gasteiger partial charge in [-0.05, 0) is 43.2 Å². The molecule has 6 nitrogen and oxygen atoms in total. The first-order chi connectivity index (χ1) is 13.5. The van der Waals surface area contributed by atoms with Gasteiger partial charge in [-0.1, -0.05) is 18.2 Å². The van der Waals surface area contributed by atoms with Crippen molar-refractivity contribution in [2.45, 2.75) is 13.8 Å². The van der Waals surface area contributed by atoms with Crippen molar-refractivity contribution in [1.29, 1.82) is 0 Å². The second kappa shape index (κ2) is 8.87. The van der Waals surface area contributed by atoms with Crippen LogP contribution in [-0.4, -0.2) is 57.8 Å². The normalized spacial score (nSPS) is 14.0. The standard InChI is InChI=1S/C22H28N2O4/c1-16-7-5-8-18(17(16)2)23-11-13-24(14-12-23)21(25)15-28-20-10-6-9-19(26-3)22(20)27-4/h5-10H,11-15H2,1-4H3. The molecule has 1 fully saturated rings. The van der Waals surface area contributed by atoms with Crippen molar-refractivity contribution in [3.05, 3.63) is 47.5 Å². The molecule has 0 spiro atoms. The van der Waals surface area contributed by atoms with Crippen LogP contribution in [-0.2, 0) is 4.79 Å². The Hall–Kier alpha value is -2.89. The van der Waals surface area contributed by atoms with E-state index in [1.165, 1.54) is 16.8 Å². The SMILES string of the molecule is COc1cccc(OCC(=O)N2CCN(c3cccc(C)c3C)CC2)c1OC. The highest BCUT2D eigenvalue weighted by molar-refractivity contribution is 5.78. The number of anilines is 1. The zero-order valence-corrected chi connectivity index (χ0v) is 17.0. The summed E-state index contributed by atoms with van der Waals surface area (Å²) in [5.74, 6) is 1.56. The first kappa shape index (κ1) is 19.9. The average Bonchev–Trinajstić information content (AvgIpc) is 2.73. The molecule has 0 atom stereocenters. The van der Waals surface area contributed by atoms with E-state index in [-0.39, 0.29) is 12.5 Å². The van der Waals surface area contributed by atoms with Crippen molar-refractivity contribution in [2.75, 3.05) is 51.9 Å². The van der Waals surface area contributed by atoms with Gasteiger partial charge in [-0.2, -0.15) is 0 Å². The van der Waals surface area contributed by atoms with Crippen molar-refractivity contribution in [2.24, 2.45) is 0 Å². The van der Waals surface area contributed by atoms with Gasteiger partial charge in [0.2, 0.25) is 5.75 Å². The molecule has 150 valence electrons. The monoisotopic (exact) mass is 384 g/mol. The molecule has 0 N–H and O–H groups in total. The third-order valence-electron chi connectivity index (χ3n) is 5.27. The van der Waals surface area contributed by atoms with Gasteiger partial charge in [-0.3, -0.25) is 4.79 Å². The van der Waals surface area contributed by atoms with Gasteiger partial charge in [0.15, 0.2) is 18.1 Å². The van der Waals surface area contributed by atoms with E-state index in [0.29, 0.717) is 30.3 Å². The maximum atomic E-state index is 12.6. The lowest BCUT2D eigenvalue weighted by Crippen LogP contribution is -2.50. The molecular weight excluding hydrogens is 356 g/mol. The lowest BCUT2D eigenvalue weighted by molar-refractivity contribution is -0.133. The molecule has 1 aliphatic rings. The van der Waals surface area contributed by atoms with E-state index in [1.807, 2.05) is 11.0 Å². The number of methoxy groups -OCH3 is 2. The van der Waals surface area contributed by atoms with Crippen molar-refractivity contribution in [3.63, 3.8) is 0 Å². The Morgan fingerprint density at radius 1 is 0.929 bits per heavy atom. The number of nitrogens with zero attached hydrogens (tertiary/aromatic N) is 2. The lowest BCUT2D eigenvalue weighted by Gasteiger charge is -2.37. The van der Waals surface area contributed by atoms with Crippen LogP contribution in [0, 0.1) is 13.8 Å². The predicted molar refractivity (Wildman–Crippen MR) is 110 cm³/mol. The fourth-order valence-corrected chi connectivity index (χ4v) is 3.48. The number of rotatable bonds is 6. The van der Waals surface area contributed by atoms with Crippen LogP contribution in [0.25, 0.3) is 0 Å². The third kappa shape index (κ3) is 4.16. The molecule has 2 aromatic rings. The van der Waals surface area contributed by atoms with E-state index in [0.717, 1.165) is 13.1 Å². The summed E-state index contributed by atoms with van der Waals surface area (Å²) in [7, 11) is 3.13. The number of ether oxygens (including phenoxy) is 3. The Morgan fingerprint density at radius 2 is 1.61 bits per heavy atom. The van der Waals surface area contributed by atoms with Gasteiger partial charge in [-0.25, -0.2) is 0 Å². The number of piperazine rings is 1. The second-order valence-electron chi connectivity index (χ2n) is 6.87. The highest BCUT2D eigenvalue weighted by Crippen LogP contribution is 2.36. The maximum Gasteiger partial charge on any atom is 0.260 e. The van der Waals surface area contributed by atoms with Gasteiger partial charge < -0.3 is 24.0 Å². The first-order valence-electron chi connectivity index (χ1n) is 9.48. The summed E-state index contributed by atoms with van der Waals surface area (Å²) in [4.78, 5) is 16.8. The Kier molecular flexibility index (Phi) is 6.29. The Labute approximate surface area is 166 Å². The summed E-state index contributed by atoms with van der Waals surface area (Å²) in [5, 5.41) is 0. The molecule has 0 saturated carbocycles. The summed E-state index contributed by atoms with van der Waals surface area (Å²) >= 11 is 0. The largest absolute Gasteiger partial charge is 0.493 e. The van der Waals surface area contributed by atoms with Crippen molar-refractivity contribution < 1.29 is 19.0 Å². The number of amides is 1. The smallest absolute Gasteiger partial charge is 0.260 e. The molecular formula is C22H28N2O4. The van der Waals surface area contributed by atoms with E-state index in [1.54, 1.807) is 26.4 Å². The Bertz CT molecular complexity index is 829. The Balaban J connectivity index is 1.57. The molecule has 6 heteroatoms. The fourth-order valence-electron chi connectivity index (χ4n) is 3.48. The molecule has 1 amide bonds. The van der Waals surface area contributed by atoms with E-state index >= 15 is 0 Å². The summed E-state index contributed by atoms with van der Waals surface area (Å²) in [6, 6.07) is 11.7. The highest BCUT2D eigenvalue weighted by Gasteiger charge is 2.23. The summed E-state index contributed by atoms with van der Waals surface area (Å²) < 4.78 is 16.3. The van der Waals surface area contributed by atoms with Gasteiger partial charge >= 0.3 is 0 Å². The number of benzene rings is 2. The molecule has 1 saturated heterocycles. The minimum atomic E-state index is -0.0227. The number of hydrogen-bond acceptors (Lipinski definition) is 5. The second-order valence-corrected chi connectivity index (χ2v) is 6.87. The average molecular weight is 384 g/mol. The van der Waals surface area contributed by atoms with Gasteiger partial charge in [0.1, 0.15) is 0 Å². The van der Waals surface area contributed by atoms with Crippen LogP contribution in [0.15, 0.2) is 36.4 Å². The molecule has 0 bridgehead atoms. The molecule has 28 heavy (non-hydrogen) atoms. The maximum absolute atomic E-state index is 12.6. The molecule has 0 aromatic heterocycles. The molecule has 3 rings (SSSR count). The third-order valence-corrected chi connectivity index (χ3v) is 5.27. The predicted octanol–water partition coefficient (Wildman–Crippen LogP) is 3.05. The zero-order chi connectivity index (χ0) is 20.1. The molecule has 0 unspecified atom stereocenters. The number of aryl methyl sites for hydroxylation is 1. The number of para-hydroxylation sites is 1. The van der Waals surface area contributed by atoms with Gasteiger partial charge in [0.05, 0.1) is 14.2 Å². The molecule has 2 aromatic carbocycles. The molecule has 0 radical (unpaired) electrons. The van der Waals surface area contributed by atoms with E-state index in [9.17, 15) is 4.79 Å². The van der Waals surface area contributed by atoms with E-state index in [4.69, 9.17) is 14.2 Å². The number of hydrogen-bond donors (Lipinski definition) is 0. The van der Waals surface area contributed by atoms with Gasteiger partial charge in [-0.15, -0.1) is 0 Å². The fraction of sp³-hybridized carbons (Fsp3) is 0.409. The summed E-state index contributed by atoms with van der Waals surface area (Å²) in [5.41, 5.74) is 3.84. The zero-order valence-electron chi connectivity index (χ0n) is 17.0. The van der Waals surface area contributed by atoms with Crippen molar-refractivity contribution >= 4 is 11.6 Å². The Morgan fingerprint density at radius 3 is 2.29 bits per heavy atom. The molecule has 1 aliphatic heterocycles. The number of carbonyl (C=O) groups excluding carboxylic acids is 1. The topological polar surface area (TPSA) is 51.2 Å². The van der Waals surface area contributed by atoms with Gasteiger partial charge in [0.25, 0.3) is 5.91 Å². The molecule has 1 heterocycles. The van der Waals surface area contributed by atoms with E-state index in [2.05, 4.69) is 36.9 Å². The minimum Gasteiger partial charge on any atom is -0.493 e. The van der Waals surface area contributed by atoms with Crippen LogP contribution < -0.4 is 19.1 Å². The first-order valence-corrected chi connectivity index (χ1v) is 9.48. The quantitative estimate of drug-likeness (QED) is 0.766. The van der Waals surface area contributed by atoms with Crippen LogP contribution in [0.2, 0.25) is 0 Å². The summed E-state index contributed by atoms with van der Waals surface area (Å²) in [6.07, 6.45) is 0. The van der Waals surface area contributed by atoms with Crippen LogP contribution in [0.1, 0.15) is 11.1 Å². The lowest BCUT2D eigenvalue weighted by atomic mass is 10.1. The minimum absolute atomic E-state index is 0.0208. The van der Waals surface area contributed by atoms with Crippen LogP contribution >= 0.6 is 0 Å². The van der Waals surface area contributed by atoms with E-state index < -0.39 is 0 Å². The molecule has 0 aliphatic carbocycles. The van der Waals surface area contributed by atoms with Crippen LogP contribution in [0.5, 0.6) is 17.2 Å². The van der Waals surface area contributed by atoms with Crippen LogP contribution in [0.4, 0.5) is 5.69 Å². The summed E-state index contributed by atoms with van der Waals surface area (Å²) in [6.45, 7) is 7.26. The number of carbonyl (C=O) groups is 1. The highest BCUT2D eigenvalue weighted by atomic mass is 16.5.